The van der Waals surface area contributed by atoms with Gasteiger partial charge in [-0.15, -0.1) is 0 Å². The highest BCUT2D eigenvalue weighted by molar-refractivity contribution is 7.80. The number of benzene rings is 3. The molecule has 2 N–H and O–H groups in total. The summed E-state index contributed by atoms with van der Waals surface area (Å²) in [4.78, 5) is 16.8. The molecule has 1 amide bonds. The summed E-state index contributed by atoms with van der Waals surface area (Å²) in [5.74, 6) is 2.66. The molecule has 4 aromatic rings. The Kier molecular flexibility index (Phi) is 7.82. The maximum absolute atomic E-state index is 12.4. The zero-order valence-corrected chi connectivity index (χ0v) is 20.8. The summed E-state index contributed by atoms with van der Waals surface area (Å²) >= 11 is 5.27. The fourth-order valence-corrected chi connectivity index (χ4v) is 3.62. The van der Waals surface area contributed by atoms with Gasteiger partial charge in [0.2, 0.25) is 0 Å². The highest BCUT2D eigenvalue weighted by atomic mass is 32.1. The molecule has 0 aliphatic heterocycles. The van der Waals surface area contributed by atoms with Gasteiger partial charge in [-0.25, -0.2) is 0 Å². The van der Waals surface area contributed by atoms with Crippen LogP contribution >= 0.6 is 12.2 Å². The lowest BCUT2D eigenvalue weighted by atomic mass is 10.2. The van der Waals surface area contributed by atoms with E-state index in [1.165, 1.54) is 0 Å². The number of carbonyl (C=O) groups excluding carboxylic acids is 1. The van der Waals surface area contributed by atoms with E-state index in [1.54, 1.807) is 75.9 Å². The van der Waals surface area contributed by atoms with Crippen LogP contribution in [0.3, 0.4) is 0 Å². The van der Waals surface area contributed by atoms with Gasteiger partial charge >= 0.3 is 0 Å². The Balaban J connectivity index is 1.38. The first-order valence-corrected chi connectivity index (χ1v) is 11.5. The maximum atomic E-state index is 12.4. The molecular weight excluding hydrogens is 478 g/mol. The molecule has 1 heterocycles. The molecule has 0 radical (unpaired) electrons. The topological polar surface area (TPSA) is 90.9 Å². The Hall–Kier alpha value is -4.37. The van der Waals surface area contributed by atoms with Crippen molar-refractivity contribution in [2.45, 2.75) is 13.0 Å². The smallest absolute Gasteiger partial charge is 0.266 e. The van der Waals surface area contributed by atoms with Crippen LogP contribution in [-0.2, 0) is 4.79 Å². The number of aromatic nitrogens is 1. The minimum atomic E-state index is -0.711. The van der Waals surface area contributed by atoms with Crippen molar-refractivity contribution in [3.05, 3.63) is 79.0 Å². The minimum Gasteiger partial charge on any atom is -0.493 e. The Labute approximate surface area is 214 Å². The quantitative estimate of drug-likeness (QED) is 0.312. The van der Waals surface area contributed by atoms with E-state index in [0.717, 1.165) is 10.9 Å². The average molecular weight is 504 g/mol. The van der Waals surface area contributed by atoms with Crippen LogP contribution in [0.4, 0.5) is 5.69 Å². The number of anilines is 1. The lowest BCUT2D eigenvalue weighted by Crippen LogP contribution is -2.42. The van der Waals surface area contributed by atoms with Crippen molar-refractivity contribution < 1.29 is 23.7 Å². The van der Waals surface area contributed by atoms with Gasteiger partial charge in [0.1, 0.15) is 17.2 Å². The number of carbonyl (C=O) groups is 1. The number of ether oxygens (including phenoxy) is 4. The molecule has 0 aliphatic rings. The second-order valence-corrected chi connectivity index (χ2v) is 8.08. The zero-order chi connectivity index (χ0) is 25.5. The molecule has 9 heteroatoms. The zero-order valence-electron chi connectivity index (χ0n) is 20.0. The third-order valence-corrected chi connectivity index (χ3v) is 5.41. The number of para-hydroxylation sites is 1. The lowest BCUT2D eigenvalue weighted by molar-refractivity contribution is -0.125. The van der Waals surface area contributed by atoms with E-state index in [0.29, 0.717) is 34.4 Å². The largest absolute Gasteiger partial charge is 0.493 e. The number of pyridine rings is 1. The standard InChI is InChI=1S/C27H25N3O5S/c1-17(34-19-7-5-4-6-8-19)26(31)30-27(36)29-18-9-11-20(12-10-18)35-23-13-14-28-22-16-25(33-3)24(32-2)15-21(22)23/h4-17H,1-3H3,(H2,29,30,31,36). The maximum Gasteiger partial charge on any atom is 0.266 e. The van der Waals surface area contributed by atoms with Gasteiger partial charge in [0.05, 0.1) is 19.7 Å². The van der Waals surface area contributed by atoms with Crippen LogP contribution in [0.5, 0.6) is 28.7 Å². The number of nitrogens with one attached hydrogen (secondary N) is 2. The molecule has 3 aromatic carbocycles. The van der Waals surface area contributed by atoms with Gasteiger partial charge in [-0.1, -0.05) is 18.2 Å². The van der Waals surface area contributed by atoms with Gasteiger partial charge < -0.3 is 24.3 Å². The summed E-state index contributed by atoms with van der Waals surface area (Å²) in [5.41, 5.74) is 1.41. The van der Waals surface area contributed by atoms with E-state index >= 15 is 0 Å². The van der Waals surface area contributed by atoms with E-state index in [2.05, 4.69) is 15.6 Å². The van der Waals surface area contributed by atoms with Gasteiger partial charge in [-0.2, -0.15) is 0 Å². The van der Waals surface area contributed by atoms with Crippen molar-refractivity contribution in [2.24, 2.45) is 0 Å². The molecule has 0 bridgehead atoms. The average Bonchev–Trinajstić information content (AvgIpc) is 2.89. The Morgan fingerprint density at radius 1 is 0.889 bits per heavy atom. The number of hydrogen-bond donors (Lipinski definition) is 2. The van der Waals surface area contributed by atoms with Crippen LogP contribution in [0.25, 0.3) is 10.9 Å². The number of nitrogens with zero attached hydrogens (tertiary/aromatic N) is 1. The Morgan fingerprint density at radius 2 is 1.58 bits per heavy atom. The van der Waals surface area contributed by atoms with E-state index in [-0.39, 0.29) is 11.0 Å². The van der Waals surface area contributed by atoms with Crippen molar-refractivity contribution >= 4 is 39.8 Å². The third kappa shape index (κ3) is 6.00. The highest BCUT2D eigenvalue weighted by Gasteiger charge is 2.16. The predicted octanol–water partition coefficient (Wildman–Crippen LogP) is 5.32. The number of fused-ring (bicyclic) bond motifs is 1. The normalized spacial score (nSPS) is 11.3. The number of amides is 1. The molecule has 1 unspecified atom stereocenters. The van der Waals surface area contributed by atoms with Crippen LogP contribution in [0.2, 0.25) is 0 Å². The Morgan fingerprint density at radius 3 is 2.28 bits per heavy atom. The van der Waals surface area contributed by atoms with E-state index < -0.39 is 6.10 Å². The van der Waals surface area contributed by atoms with Crippen LogP contribution in [0.15, 0.2) is 79.0 Å². The van der Waals surface area contributed by atoms with Crippen LogP contribution in [-0.4, -0.2) is 36.3 Å². The van der Waals surface area contributed by atoms with Crippen molar-refractivity contribution in [3.63, 3.8) is 0 Å². The second-order valence-electron chi connectivity index (χ2n) is 7.68. The van der Waals surface area contributed by atoms with Crippen molar-refractivity contribution in [3.8, 4) is 28.7 Å². The fourth-order valence-electron chi connectivity index (χ4n) is 3.40. The van der Waals surface area contributed by atoms with Crippen LogP contribution < -0.4 is 29.6 Å². The highest BCUT2D eigenvalue weighted by Crippen LogP contribution is 2.36. The first-order chi connectivity index (χ1) is 17.5. The number of hydrogen-bond acceptors (Lipinski definition) is 7. The summed E-state index contributed by atoms with van der Waals surface area (Å²) in [7, 11) is 3.16. The summed E-state index contributed by atoms with van der Waals surface area (Å²) < 4.78 is 22.5. The molecule has 4 rings (SSSR count). The molecule has 184 valence electrons. The molecule has 8 nitrogen and oxygen atoms in total. The van der Waals surface area contributed by atoms with Gasteiger partial charge in [-0.05, 0) is 67.7 Å². The summed E-state index contributed by atoms with van der Waals surface area (Å²) in [5, 5.41) is 6.58. The predicted molar refractivity (Wildman–Crippen MR) is 142 cm³/mol. The fraction of sp³-hybridized carbons (Fsp3) is 0.148. The monoisotopic (exact) mass is 503 g/mol. The Bertz CT molecular complexity index is 1360. The van der Waals surface area contributed by atoms with E-state index in [9.17, 15) is 4.79 Å². The molecule has 0 aliphatic carbocycles. The van der Waals surface area contributed by atoms with Gasteiger partial charge in [0.15, 0.2) is 22.7 Å². The summed E-state index contributed by atoms with van der Waals surface area (Å²) in [6.45, 7) is 1.66. The molecule has 0 fully saturated rings. The van der Waals surface area contributed by atoms with Gasteiger partial charge in [0, 0.05) is 23.3 Å². The van der Waals surface area contributed by atoms with Crippen molar-refractivity contribution in [2.75, 3.05) is 19.5 Å². The molecule has 1 atom stereocenters. The molecule has 0 spiro atoms. The van der Waals surface area contributed by atoms with Crippen LogP contribution in [0, 0.1) is 0 Å². The SMILES string of the molecule is COc1cc2nccc(Oc3ccc(NC(=S)NC(=O)C(C)Oc4ccccc4)cc3)c2cc1OC. The molecule has 36 heavy (non-hydrogen) atoms. The number of methoxy groups -OCH3 is 2. The number of rotatable bonds is 8. The third-order valence-electron chi connectivity index (χ3n) is 5.21. The summed E-state index contributed by atoms with van der Waals surface area (Å²) in [6, 6.07) is 21.7. The van der Waals surface area contributed by atoms with Crippen molar-refractivity contribution in [1.29, 1.82) is 0 Å². The van der Waals surface area contributed by atoms with Gasteiger partial charge in [0.25, 0.3) is 5.91 Å². The van der Waals surface area contributed by atoms with E-state index in [4.69, 9.17) is 31.2 Å². The van der Waals surface area contributed by atoms with Gasteiger partial charge in [-0.3, -0.25) is 15.1 Å². The molecular formula is C27H25N3O5S. The lowest BCUT2D eigenvalue weighted by Gasteiger charge is -2.16. The molecule has 0 saturated heterocycles. The first-order valence-electron chi connectivity index (χ1n) is 11.1. The van der Waals surface area contributed by atoms with Crippen LogP contribution in [0.1, 0.15) is 6.92 Å². The van der Waals surface area contributed by atoms with Crippen molar-refractivity contribution in [1.82, 2.24) is 10.3 Å². The summed E-state index contributed by atoms with van der Waals surface area (Å²) in [6.07, 6.45) is 0.958. The minimum absolute atomic E-state index is 0.165. The molecule has 1 aromatic heterocycles. The second kappa shape index (κ2) is 11.4. The van der Waals surface area contributed by atoms with E-state index in [1.807, 2.05) is 24.3 Å². The number of thiocarbonyl (C=S) groups is 1. The molecule has 0 saturated carbocycles. The first kappa shape index (κ1) is 24.7.